The molecule has 2 aromatic carbocycles. The molecule has 0 atom stereocenters. The molecule has 0 aliphatic carbocycles. The van der Waals surface area contributed by atoms with Gasteiger partial charge in [-0.3, -0.25) is 0 Å². The zero-order valence-electron chi connectivity index (χ0n) is 15.8. The first-order valence-corrected chi connectivity index (χ1v) is 12.6. The Labute approximate surface area is 189 Å². The summed E-state index contributed by atoms with van der Waals surface area (Å²) in [6.45, 7) is 0. The molecule has 0 amide bonds. The van der Waals surface area contributed by atoms with Crippen LogP contribution >= 0.6 is 23.2 Å². The summed E-state index contributed by atoms with van der Waals surface area (Å²) in [4.78, 5) is -0.0834. The molecule has 0 fully saturated rings. The lowest BCUT2D eigenvalue weighted by molar-refractivity contribution is 0.598. The Kier molecular flexibility index (Phi) is 6.85. The minimum Gasteiger partial charge on any atom is -0.336 e. The van der Waals surface area contributed by atoms with E-state index in [2.05, 4.69) is 10.2 Å². The molecule has 0 radical (unpaired) electrons. The molecule has 162 valence electrons. The van der Waals surface area contributed by atoms with E-state index in [4.69, 9.17) is 29.0 Å². The highest BCUT2D eigenvalue weighted by Gasteiger charge is 2.18. The molecule has 0 spiro atoms. The summed E-state index contributed by atoms with van der Waals surface area (Å²) in [5, 5.41) is 9.81. The molecule has 1 aromatic heterocycles. The van der Waals surface area contributed by atoms with Crippen molar-refractivity contribution in [2.75, 3.05) is 5.84 Å². The van der Waals surface area contributed by atoms with E-state index in [1.54, 1.807) is 36.4 Å². The second kappa shape index (κ2) is 9.23. The number of rotatable bonds is 7. The summed E-state index contributed by atoms with van der Waals surface area (Å²) in [5.41, 5.74) is 0.830. The van der Waals surface area contributed by atoms with Crippen LogP contribution in [-0.4, -0.2) is 31.7 Å². The van der Waals surface area contributed by atoms with Gasteiger partial charge in [-0.05, 0) is 48.0 Å². The number of hydrogen-bond acceptors (Lipinski definition) is 7. The van der Waals surface area contributed by atoms with Gasteiger partial charge in [-0.15, -0.1) is 10.2 Å². The third-order valence-corrected chi connectivity index (χ3v) is 7.31. The van der Waals surface area contributed by atoms with Crippen LogP contribution in [0.1, 0.15) is 17.2 Å². The first-order chi connectivity index (χ1) is 14.6. The lowest BCUT2D eigenvalue weighted by Gasteiger charge is -2.02. The van der Waals surface area contributed by atoms with E-state index in [0.717, 1.165) is 10.2 Å². The van der Waals surface area contributed by atoms with Gasteiger partial charge in [-0.2, -0.15) is 0 Å². The summed E-state index contributed by atoms with van der Waals surface area (Å²) in [5.74, 6) is 5.43. The van der Waals surface area contributed by atoms with E-state index in [1.807, 2.05) is 0 Å². The van der Waals surface area contributed by atoms with E-state index in [-0.39, 0.29) is 16.5 Å². The first kappa shape index (κ1) is 23.0. The summed E-state index contributed by atoms with van der Waals surface area (Å²) < 4.78 is 50.3. The number of nitrogens with two attached hydrogens (primary N) is 1. The van der Waals surface area contributed by atoms with Crippen molar-refractivity contribution in [3.63, 3.8) is 0 Å². The maximum Gasteiger partial charge on any atom is 0.200 e. The van der Waals surface area contributed by atoms with Gasteiger partial charge < -0.3 is 5.84 Å². The van der Waals surface area contributed by atoms with Crippen LogP contribution in [0, 0.1) is 0 Å². The molecule has 0 bridgehead atoms. The number of hydrogen-bond donors (Lipinski definition) is 1. The van der Waals surface area contributed by atoms with Gasteiger partial charge in [-0.25, -0.2) is 21.5 Å². The highest BCUT2D eigenvalue weighted by molar-refractivity contribution is 7.97. The van der Waals surface area contributed by atoms with E-state index in [1.165, 1.54) is 24.3 Å². The Morgan fingerprint density at radius 3 is 2.03 bits per heavy atom. The van der Waals surface area contributed by atoms with Gasteiger partial charge >= 0.3 is 0 Å². The topological polar surface area (TPSA) is 125 Å². The van der Waals surface area contributed by atoms with Crippen LogP contribution in [-0.2, 0) is 25.4 Å². The Bertz CT molecular complexity index is 1350. The predicted octanol–water partition coefficient (Wildman–Crippen LogP) is 3.33. The number of nitrogens with zero attached hydrogens (tertiary/aromatic N) is 3. The molecule has 3 aromatic rings. The second-order valence-corrected chi connectivity index (χ2v) is 10.9. The maximum absolute atomic E-state index is 12.4. The lowest BCUT2D eigenvalue weighted by atomic mass is 10.2. The number of sulfone groups is 2. The van der Waals surface area contributed by atoms with Crippen molar-refractivity contribution in [1.29, 1.82) is 0 Å². The van der Waals surface area contributed by atoms with E-state index >= 15 is 0 Å². The second-order valence-electron chi connectivity index (χ2n) is 6.31. The summed E-state index contributed by atoms with van der Waals surface area (Å²) in [6, 6.07) is 12.4. The molecule has 3 rings (SSSR count). The number of benzene rings is 2. The third-order valence-electron chi connectivity index (χ3n) is 4.00. The molecule has 0 saturated heterocycles. The van der Waals surface area contributed by atoms with Gasteiger partial charge in [0.05, 0.1) is 4.90 Å². The molecular formula is C19H16Cl2N4O4S2. The van der Waals surface area contributed by atoms with Crippen LogP contribution in [0.15, 0.2) is 64.2 Å². The molecule has 1 heterocycles. The Morgan fingerprint density at radius 1 is 0.839 bits per heavy atom. The Hall–Kier alpha value is -2.66. The minimum atomic E-state index is -3.99. The smallest absolute Gasteiger partial charge is 0.200 e. The van der Waals surface area contributed by atoms with Crippen molar-refractivity contribution in [2.24, 2.45) is 0 Å². The molecule has 2 N–H and O–H groups in total. The predicted molar refractivity (Wildman–Crippen MR) is 121 cm³/mol. The fourth-order valence-corrected chi connectivity index (χ4v) is 5.22. The quantitative estimate of drug-likeness (QED) is 0.495. The van der Waals surface area contributed by atoms with Gasteiger partial charge in [0.2, 0.25) is 9.84 Å². The lowest BCUT2D eigenvalue weighted by Crippen LogP contribution is -2.17. The normalized spacial score (nSPS) is 12.7. The highest BCUT2D eigenvalue weighted by Crippen LogP contribution is 2.17. The van der Waals surface area contributed by atoms with E-state index in [9.17, 15) is 16.8 Å². The first-order valence-electron chi connectivity index (χ1n) is 8.60. The van der Waals surface area contributed by atoms with Gasteiger partial charge in [0.15, 0.2) is 21.5 Å². The SMILES string of the molecule is Nn1c(C=Cc2ccc(Cl)cc2)nnc1CS(=O)(=O)C=CS(=O)(=O)c1ccc(Cl)cc1. The Morgan fingerprint density at radius 2 is 1.42 bits per heavy atom. The van der Waals surface area contributed by atoms with Crippen molar-refractivity contribution in [3.8, 4) is 0 Å². The molecule has 12 heteroatoms. The number of aromatic nitrogens is 3. The maximum atomic E-state index is 12.4. The van der Waals surface area contributed by atoms with Crippen molar-refractivity contribution in [1.82, 2.24) is 14.9 Å². The van der Waals surface area contributed by atoms with E-state index in [0.29, 0.717) is 20.9 Å². The zero-order valence-corrected chi connectivity index (χ0v) is 18.9. The largest absolute Gasteiger partial charge is 0.336 e. The minimum absolute atomic E-state index is 0.0516. The van der Waals surface area contributed by atoms with Gasteiger partial charge in [-0.1, -0.05) is 41.4 Å². The van der Waals surface area contributed by atoms with Crippen LogP contribution in [0.3, 0.4) is 0 Å². The fraction of sp³-hybridized carbons (Fsp3) is 0.0526. The fourth-order valence-electron chi connectivity index (χ4n) is 2.38. The van der Waals surface area contributed by atoms with Crippen molar-refractivity contribution >= 4 is 55.0 Å². The zero-order chi connectivity index (χ0) is 22.6. The summed E-state index contributed by atoms with van der Waals surface area (Å²) in [6.07, 6.45) is 3.27. The molecule has 31 heavy (non-hydrogen) atoms. The number of nitrogen functional groups attached to an aromatic ring is 1. The van der Waals surface area contributed by atoms with Crippen LogP contribution in [0.4, 0.5) is 0 Å². The molecule has 0 aliphatic rings. The van der Waals surface area contributed by atoms with Crippen LogP contribution < -0.4 is 5.84 Å². The monoisotopic (exact) mass is 498 g/mol. The van der Waals surface area contributed by atoms with Gasteiger partial charge in [0.25, 0.3) is 0 Å². The van der Waals surface area contributed by atoms with Gasteiger partial charge in [0.1, 0.15) is 5.75 Å². The molecule has 0 aliphatic heterocycles. The van der Waals surface area contributed by atoms with Gasteiger partial charge in [0, 0.05) is 20.9 Å². The molecule has 0 unspecified atom stereocenters. The Balaban J connectivity index is 1.75. The summed E-state index contributed by atoms with van der Waals surface area (Å²) in [7, 11) is -7.96. The molecule has 8 nitrogen and oxygen atoms in total. The third kappa shape index (κ3) is 6.17. The van der Waals surface area contributed by atoms with Crippen molar-refractivity contribution in [2.45, 2.75) is 10.6 Å². The highest BCUT2D eigenvalue weighted by atomic mass is 35.5. The molecule has 0 saturated carbocycles. The van der Waals surface area contributed by atoms with Crippen molar-refractivity contribution < 1.29 is 16.8 Å². The average molecular weight is 499 g/mol. The molecular weight excluding hydrogens is 483 g/mol. The average Bonchev–Trinajstić information content (AvgIpc) is 3.05. The van der Waals surface area contributed by atoms with Crippen LogP contribution in [0.25, 0.3) is 12.2 Å². The standard InChI is InChI=1S/C19H16Cl2N4O4S2/c20-15-4-1-14(2-5-15)3-10-18-23-24-19(25(18)22)13-30(26,27)11-12-31(28,29)17-8-6-16(21)7-9-17/h1-12H,13,22H2. The van der Waals surface area contributed by atoms with Crippen LogP contribution in [0.5, 0.6) is 0 Å². The van der Waals surface area contributed by atoms with Crippen molar-refractivity contribution in [3.05, 3.63) is 86.6 Å². The van der Waals surface area contributed by atoms with E-state index < -0.39 is 25.4 Å². The number of halogens is 2. The summed E-state index contributed by atoms with van der Waals surface area (Å²) >= 11 is 11.6. The van der Waals surface area contributed by atoms with Crippen LogP contribution in [0.2, 0.25) is 10.0 Å².